The van der Waals surface area contributed by atoms with Crippen molar-refractivity contribution in [2.75, 3.05) is 19.5 Å². The Balaban J connectivity index is 1.97. The van der Waals surface area contributed by atoms with E-state index in [2.05, 4.69) is 15.3 Å². The summed E-state index contributed by atoms with van der Waals surface area (Å²) in [6, 6.07) is 4.05. The fourth-order valence-corrected chi connectivity index (χ4v) is 4.01. The minimum absolute atomic E-state index is 0.168. The van der Waals surface area contributed by atoms with E-state index in [1.54, 1.807) is 38.5 Å². The molecule has 9 heteroatoms. The molecule has 28 heavy (non-hydrogen) atoms. The van der Waals surface area contributed by atoms with Gasteiger partial charge in [0.15, 0.2) is 5.13 Å². The van der Waals surface area contributed by atoms with Gasteiger partial charge in [-0.05, 0) is 26.0 Å². The molecule has 0 bridgehead atoms. The molecule has 0 unspecified atom stereocenters. The van der Waals surface area contributed by atoms with Crippen molar-refractivity contribution in [3.63, 3.8) is 0 Å². The molecule has 0 atom stereocenters. The fourth-order valence-electron chi connectivity index (χ4n) is 3.18. The van der Waals surface area contributed by atoms with Crippen LogP contribution in [0.15, 0.2) is 18.3 Å². The lowest BCUT2D eigenvalue weighted by Crippen LogP contribution is -2.17. The number of nitrogens with zero attached hydrogens (tertiary/aromatic N) is 2. The van der Waals surface area contributed by atoms with Gasteiger partial charge in [-0.25, -0.2) is 14.8 Å². The van der Waals surface area contributed by atoms with E-state index in [-0.39, 0.29) is 18.6 Å². The molecular formula is C19H20N4O4S. The first-order valence-electron chi connectivity index (χ1n) is 8.79. The molecule has 146 valence electrons. The first-order chi connectivity index (χ1) is 13.5. The van der Waals surface area contributed by atoms with Gasteiger partial charge in [-0.2, -0.15) is 0 Å². The number of ether oxygens (including phenoxy) is 3. The number of fused-ring (bicyclic) bond motifs is 5. The smallest absolute Gasteiger partial charge is 0.431 e. The summed E-state index contributed by atoms with van der Waals surface area (Å²) in [6.07, 6.45) is 0.559. The van der Waals surface area contributed by atoms with E-state index in [0.717, 1.165) is 37.2 Å². The summed E-state index contributed by atoms with van der Waals surface area (Å²) in [4.78, 5) is 24.4. The lowest BCUT2D eigenvalue weighted by atomic mass is 10.1. The van der Waals surface area contributed by atoms with Crippen LogP contribution in [0.4, 0.5) is 9.93 Å². The summed E-state index contributed by atoms with van der Waals surface area (Å²) >= 11 is 1.58. The van der Waals surface area contributed by atoms with E-state index in [1.165, 1.54) is 0 Å². The van der Waals surface area contributed by atoms with E-state index in [9.17, 15) is 4.79 Å². The Morgan fingerprint density at radius 2 is 2.11 bits per heavy atom. The number of hydrogen-bond donors (Lipinski definition) is 2. The molecule has 0 aliphatic rings. The molecule has 3 heterocycles. The maximum atomic E-state index is 12.0. The van der Waals surface area contributed by atoms with E-state index in [1.807, 2.05) is 19.2 Å². The van der Waals surface area contributed by atoms with Gasteiger partial charge in [0.25, 0.3) is 0 Å². The number of anilines is 1. The highest BCUT2D eigenvalue weighted by Gasteiger charge is 2.21. The Hall–Kier alpha value is -2.91. The molecule has 2 N–H and O–H groups in total. The van der Waals surface area contributed by atoms with Crippen LogP contribution in [0.3, 0.4) is 0 Å². The Labute approximate surface area is 164 Å². The third-order valence-electron chi connectivity index (χ3n) is 4.23. The predicted molar refractivity (Wildman–Crippen MR) is 109 cm³/mol. The zero-order valence-electron chi connectivity index (χ0n) is 16.0. The van der Waals surface area contributed by atoms with Crippen LogP contribution in [0.2, 0.25) is 0 Å². The first-order valence-corrected chi connectivity index (χ1v) is 9.61. The summed E-state index contributed by atoms with van der Waals surface area (Å²) < 4.78 is 16.9. The number of H-pyrrole nitrogens is 1. The molecule has 0 aliphatic carbocycles. The van der Waals surface area contributed by atoms with Crippen LogP contribution >= 0.6 is 11.3 Å². The number of rotatable bonds is 5. The molecule has 0 saturated heterocycles. The lowest BCUT2D eigenvalue weighted by molar-refractivity contribution is 0.0705. The second kappa shape index (κ2) is 7.25. The zero-order chi connectivity index (χ0) is 19.8. The van der Waals surface area contributed by atoms with Crippen LogP contribution in [0.25, 0.3) is 32.0 Å². The average Bonchev–Trinajstić information content (AvgIpc) is 3.23. The molecule has 1 aromatic carbocycles. The van der Waals surface area contributed by atoms with Gasteiger partial charge in [0, 0.05) is 30.4 Å². The van der Waals surface area contributed by atoms with Crippen molar-refractivity contribution in [1.82, 2.24) is 15.0 Å². The van der Waals surface area contributed by atoms with E-state index in [0.29, 0.717) is 5.56 Å². The molecule has 0 aliphatic heterocycles. The molecule has 0 amide bonds. The fraction of sp³-hybridized carbons (Fsp3) is 0.316. The van der Waals surface area contributed by atoms with Crippen LogP contribution in [0.5, 0.6) is 5.88 Å². The van der Waals surface area contributed by atoms with Crippen LogP contribution in [0, 0.1) is 0 Å². The topological polar surface area (TPSA) is 98.4 Å². The quantitative estimate of drug-likeness (QED) is 0.478. The normalized spacial score (nSPS) is 11.6. The minimum atomic E-state index is -0.796. The lowest BCUT2D eigenvalue weighted by Gasteiger charge is -2.11. The van der Waals surface area contributed by atoms with Crippen molar-refractivity contribution in [3.05, 3.63) is 23.9 Å². The number of aromatic amines is 1. The number of methoxy groups -OCH3 is 1. The molecule has 0 saturated carbocycles. The third-order valence-corrected chi connectivity index (χ3v) is 5.27. The van der Waals surface area contributed by atoms with Gasteiger partial charge in [0.1, 0.15) is 0 Å². The van der Waals surface area contributed by atoms with Crippen LogP contribution in [-0.4, -0.2) is 41.4 Å². The molecule has 3 aromatic heterocycles. The second-order valence-electron chi connectivity index (χ2n) is 6.51. The van der Waals surface area contributed by atoms with Crippen molar-refractivity contribution in [3.8, 4) is 5.88 Å². The van der Waals surface area contributed by atoms with Crippen LogP contribution in [-0.2, 0) is 16.1 Å². The molecule has 0 fully saturated rings. The van der Waals surface area contributed by atoms with E-state index >= 15 is 0 Å². The minimum Gasteiger partial charge on any atom is -0.431 e. The maximum absolute atomic E-state index is 12.0. The van der Waals surface area contributed by atoms with Crippen LogP contribution < -0.4 is 10.1 Å². The summed E-state index contributed by atoms with van der Waals surface area (Å²) in [5.41, 5.74) is 3.28. The average molecular weight is 400 g/mol. The van der Waals surface area contributed by atoms with E-state index < -0.39 is 6.16 Å². The molecule has 4 rings (SSSR count). The molecule has 0 spiro atoms. The SMILES string of the molecule is CNc1nc2c(ccc3[nH]c4cnc(OC(=O)OC(C)C)c(COC)c4c32)s1. The first kappa shape index (κ1) is 18.5. The highest BCUT2D eigenvalue weighted by molar-refractivity contribution is 7.22. The standard InChI is InChI=1S/C19H20N4O4S/c1-9(2)26-19(24)27-17-10(8-25-4)14-12(7-21-17)22-11-5-6-13-16(15(11)14)23-18(20-3)28-13/h5-7,9,22H,8H2,1-4H3,(H,20,23). The predicted octanol–water partition coefficient (Wildman–Crippen LogP) is 4.44. The number of hydrogen-bond acceptors (Lipinski definition) is 8. The number of thiazole rings is 1. The van der Waals surface area contributed by atoms with Gasteiger partial charge in [-0.3, -0.25) is 0 Å². The number of carbonyl (C=O) groups is 1. The van der Waals surface area contributed by atoms with Gasteiger partial charge in [0.05, 0.1) is 40.2 Å². The Morgan fingerprint density at radius 3 is 2.82 bits per heavy atom. The largest absolute Gasteiger partial charge is 0.515 e. The van der Waals surface area contributed by atoms with Crippen LogP contribution in [0.1, 0.15) is 19.4 Å². The Bertz CT molecular complexity index is 1180. The van der Waals surface area contributed by atoms with Gasteiger partial charge < -0.3 is 24.5 Å². The number of carbonyl (C=O) groups excluding carboxylic acids is 1. The van der Waals surface area contributed by atoms with E-state index in [4.69, 9.17) is 19.2 Å². The van der Waals surface area contributed by atoms with Crippen molar-refractivity contribution in [1.29, 1.82) is 0 Å². The van der Waals surface area contributed by atoms with Crippen molar-refractivity contribution >= 4 is 54.6 Å². The zero-order valence-corrected chi connectivity index (χ0v) is 16.8. The monoisotopic (exact) mass is 400 g/mol. The molecule has 4 aromatic rings. The number of benzene rings is 1. The maximum Gasteiger partial charge on any atom is 0.515 e. The van der Waals surface area contributed by atoms with Crippen molar-refractivity contribution in [2.45, 2.75) is 26.6 Å². The Kier molecular flexibility index (Phi) is 4.78. The molecule has 0 radical (unpaired) electrons. The molecule has 8 nitrogen and oxygen atoms in total. The second-order valence-corrected chi connectivity index (χ2v) is 7.54. The number of pyridine rings is 1. The van der Waals surface area contributed by atoms with Gasteiger partial charge >= 0.3 is 6.16 Å². The van der Waals surface area contributed by atoms with Gasteiger partial charge in [0.2, 0.25) is 5.88 Å². The van der Waals surface area contributed by atoms with Crippen molar-refractivity contribution < 1.29 is 19.0 Å². The van der Waals surface area contributed by atoms with Crippen molar-refractivity contribution in [2.24, 2.45) is 0 Å². The van der Waals surface area contributed by atoms with Gasteiger partial charge in [-0.1, -0.05) is 11.3 Å². The number of aromatic nitrogens is 3. The van der Waals surface area contributed by atoms with Gasteiger partial charge in [-0.15, -0.1) is 0 Å². The number of nitrogens with one attached hydrogen (secondary N) is 2. The summed E-state index contributed by atoms with van der Waals surface area (Å²) in [6.45, 7) is 3.73. The summed E-state index contributed by atoms with van der Waals surface area (Å²) in [5.74, 6) is 0.168. The highest BCUT2D eigenvalue weighted by atomic mass is 32.1. The Morgan fingerprint density at radius 1 is 1.29 bits per heavy atom. The third kappa shape index (κ3) is 3.12. The summed E-state index contributed by atoms with van der Waals surface area (Å²) in [5, 5.41) is 5.74. The molecular weight excluding hydrogens is 380 g/mol. The highest BCUT2D eigenvalue weighted by Crippen LogP contribution is 2.39. The summed E-state index contributed by atoms with van der Waals surface area (Å²) in [7, 11) is 3.43.